The van der Waals surface area contributed by atoms with E-state index in [4.69, 9.17) is 4.52 Å². The normalized spacial score (nSPS) is 23.1. The average Bonchev–Trinajstić information content (AvgIpc) is 3.28. The van der Waals surface area contributed by atoms with Crippen LogP contribution in [0.25, 0.3) is 0 Å². The Hall–Kier alpha value is -2.63. The zero-order valence-corrected chi connectivity index (χ0v) is 14.1. The molecule has 1 aromatic heterocycles. The largest absolute Gasteiger partial charge is 0.364 e. The first-order valence-corrected chi connectivity index (χ1v) is 8.68. The van der Waals surface area contributed by atoms with E-state index in [1.165, 1.54) is 6.26 Å². The second-order valence-corrected chi connectivity index (χ2v) is 6.92. The SMILES string of the molecule is CN1C(=O)C[C@@H](CNC(=O)c2conc2C2CC2)[C@@H]1c1ccccc1. The maximum atomic E-state index is 12.5. The van der Waals surface area contributed by atoms with E-state index < -0.39 is 0 Å². The van der Waals surface area contributed by atoms with E-state index in [0.29, 0.717) is 24.4 Å². The average molecular weight is 339 g/mol. The van der Waals surface area contributed by atoms with Crippen LogP contribution < -0.4 is 5.32 Å². The fourth-order valence-electron chi connectivity index (χ4n) is 3.67. The summed E-state index contributed by atoms with van der Waals surface area (Å²) in [5, 5.41) is 6.94. The van der Waals surface area contributed by atoms with E-state index in [-0.39, 0.29) is 23.8 Å². The molecular formula is C19H21N3O3. The predicted octanol–water partition coefficient (Wildman–Crippen LogP) is 2.50. The first-order chi connectivity index (χ1) is 12.1. The van der Waals surface area contributed by atoms with Crippen LogP contribution in [0.15, 0.2) is 41.1 Å². The molecule has 1 N–H and O–H groups in total. The van der Waals surface area contributed by atoms with Crippen molar-refractivity contribution < 1.29 is 14.1 Å². The minimum Gasteiger partial charge on any atom is -0.364 e. The molecule has 130 valence electrons. The Kier molecular flexibility index (Phi) is 4.03. The summed E-state index contributed by atoms with van der Waals surface area (Å²) >= 11 is 0. The molecule has 4 rings (SSSR count). The molecule has 0 spiro atoms. The number of hydrogen-bond donors (Lipinski definition) is 1. The number of rotatable bonds is 5. The Labute approximate surface area is 146 Å². The summed E-state index contributed by atoms with van der Waals surface area (Å²) in [6.45, 7) is 0.448. The molecule has 6 heteroatoms. The van der Waals surface area contributed by atoms with Gasteiger partial charge in [-0.3, -0.25) is 9.59 Å². The van der Waals surface area contributed by atoms with Gasteiger partial charge in [0.25, 0.3) is 5.91 Å². The molecule has 1 aliphatic carbocycles. The van der Waals surface area contributed by atoms with Crippen LogP contribution in [0.5, 0.6) is 0 Å². The van der Waals surface area contributed by atoms with Crippen LogP contribution in [0.3, 0.4) is 0 Å². The molecule has 6 nitrogen and oxygen atoms in total. The highest BCUT2D eigenvalue weighted by atomic mass is 16.5. The molecule has 2 heterocycles. The molecular weight excluding hydrogens is 318 g/mol. The highest BCUT2D eigenvalue weighted by Crippen LogP contribution is 2.41. The van der Waals surface area contributed by atoms with Gasteiger partial charge in [-0.1, -0.05) is 35.5 Å². The van der Waals surface area contributed by atoms with Gasteiger partial charge in [0, 0.05) is 31.8 Å². The van der Waals surface area contributed by atoms with Crippen LogP contribution >= 0.6 is 0 Å². The Morgan fingerprint density at radius 1 is 1.32 bits per heavy atom. The van der Waals surface area contributed by atoms with Gasteiger partial charge >= 0.3 is 0 Å². The minimum absolute atomic E-state index is 0.0145. The smallest absolute Gasteiger partial charge is 0.256 e. The van der Waals surface area contributed by atoms with Crippen LogP contribution in [0, 0.1) is 5.92 Å². The van der Waals surface area contributed by atoms with Crippen LogP contribution in [0.2, 0.25) is 0 Å². The van der Waals surface area contributed by atoms with E-state index in [0.717, 1.165) is 24.1 Å². The quantitative estimate of drug-likeness (QED) is 0.908. The second kappa shape index (κ2) is 6.35. The summed E-state index contributed by atoms with van der Waals surface area (Å²) in [5.74, 6) is 0.345. The third-order valence-corrected chi connectivity index (χ3v) is 5.17. The second-order valence-electron chi connectivity index (χ2n) is 6.92. The van der Waals surface area contributed by atoms with Crippen LogP contribution in [0.1, 0.15) is 52.8 Å². The van der Waals surface area contributed by atoms with Gasteiger partial charge < -0.3 is 14.7 Å². The van der Waals surface area contributed by atoms with Gasteiger partial charge in [0.15, 0.2) is 0 Å². The number of nitrogens with zero attached hydrogens (tertiary/aromatic N) is 2. The van der Waals surface area contributed by atoms with E-state index >= 15 is 0 Å². The van der Waals surface area contributed by atoms with E-state index in [9.17, 15) is 9.59 Å². The predicted molar refractivity (Wildman–Crippen MR) is 90.9 cm³/mol. The Morgan fingerprint density at radius 3 is 2.80 bits per heavy atom. The molecule has 0 radical (unpaired) electrons. The van der Waals surface area contributed by atoms with E-state index in [2.05, 4.69) is 10.5 Å². The molecule has 1 saturated heterocycles. The molecule has 1 saturated carbocycles. The summed E-state index contributed by atoms with van der Waals surface area (Å²) in [6.07, 6.45) is 3.98. The molecule has 2 atom stereocenters. The van der Waals surface area contributed by atoms with Crippen molar-refractivity contribution in [3.8, 4) is 0 Å². The summed E-state index contributed by atoms with van der Waals surface area (Å²) in [5.41, 5.74) is 2.38. The molecule has 0 bridgehead atoms. The zero-order valence-electron chi connectivity index (χ0n) is 14.1. The summed E-state index contributed by atoms with van der Waals surface area (Å²) in [4.78, 5) is 26.5. The fraction of sp³-hybridized carbons (Fsp3) is 0.421. The zero-order chi connectivity index (χ0) is 17.4. The molecule has 2 aromatic rings. The van der Waals surface area contributed by atoms with Crippen molar-refractivity contribution >= 4 is 11.8 Å². The molecule has 1 aliphatic heterocycles. The van der Waals surface area contributed by atoms with Gasteiger partial charge in [-0.05, 0) is 18.4 Å². The first kappa shape index (κ1) is 15.9. The summed E-state index contributed by atoms with van der Waals surface area (Å²) in [7, 11) is 1.83. The monoisotopic (exact) mass is 339 g/mol. The maximum absolute atomic E-state index is 12.5. The Balaban J connectivity index is 1.46. The number of hydrogen-bond acceptors (Lipinski definition) is 4. The minimum atomic E-state index is -0.169. The molecule has 2 fully saturated rings. The molecule has 0 unspecified atom stereocenters. The molecule has 25 heavy (non-hydrogen) atoms. The molecule has 2 aliphatic rings. The van der Waals surface area contributed by atoms with Crippen molar-refractivity contribution in [2.24, 2.45) is 5.92 Å². The summed E-state index contributed by atoms with van der Waals surface area (Å²) < 4.78 is 4.99. The van der Waals surface area contributed by atoms with Crippen LogP contribution in [-0.2, 0) is 4.79 Å². The van der Waals surface area contributed by atoms with Gasteiger partial charge in [-0.25, -0.2) is 0 Å². The standard InChI is InChI=1S/C19H21N3O3/c1-22-16(23)9-14(18(22)13-5-3-2-4-6-13)10-20-19(24)15-11-25-21-17(15)12-7-8-12/h2-6,11-12,14,18H,7-10H2,1H3,(H,20,24)/t14-,18-/m0/s1. The van der Waals surface area contributed by atoms with Gasteiger partial charge in [0.05, 0.1) is 11.7 Å². The lowest BCUT2D eigenvalue weighted by molar-refractivity contribution is -0.127. The Bertz CT molecular complexity index is 782. The summed E-state index contributed by atoms with van der Waals surface area (Å²) in [6, 6.07) is 9.95. The number of likely N-dealkylation sites (tertiary alicyclic amines) is 1. The molecule has 1 aromatic carbocycles. The lowest BCUT2D eigenvalue weighted by Gasteiger charge is -2.25. The highest BCUT2D eigenvalue weighted by Gasteiger charge is 2.39. The highest BCUT2D eigenvalue weighted by molar-refractivity contribution is 5.95. The number of nitrogens with one attached hydrogen (secondary N) is 1. The van der Waals surface area contributed by atoms with Crippen molar-refractivity contribution in [1.82, 2.24) is 15.4 Å². The van der Waals surface area contributed by atoms with Gasteiger partial charge in [-0.15, -0.1) is 0 Å². The third kappa shape index (κ3) is 3.04. The first-order valence-electron chi connectivity index (χ1n) is 8.68. The number of carbonyl (C=O) groups is 2. The van der Waals surface area contributed by atoms with Crippen LogP contribution in [0.4, 0.5) is 0 Å². The molecule has 2 amide bonds. The van der Waals surface area contributed by atoms with Crippen molar-refractivity contribution in [3.63, 3.8) is 0 Å². The topological polar surface area (TPSA) is 75.4 Å². The van der Waals surface area contributed by atoms with E-state index in [1.807, 2.05) is 37.4 Å². The van der Waals surface area contributed by atoms with Crippen molar-refractivity contribution in [3.05, 3.63) is 53.4 Å². The van der Waals surface area contributed by atoms with E-state index in [1.54, 1.807) is 4.90 Å². The lowest BCUT2D eigenvalue weighted by atomic mass is 9.93. The van der Waals surface area contributed by atoms with Crippen molar-refractivity contribution in [2.45, 2.75) is 31.2 Å². The van der Waals surface area contributed by atoms with Crippen LogP contribution in [-0.4, -0.2) is 35.5 Å². The number of carbonyl (C=O) groups excluding carboxylic acids is 2. The lowest BCUT2D eigenvalue weighted by Crippen LogP contribution is -2.32. The number of benzene rings is 1. The maximum Gasteiger partial charge on any atom is 0.256 e. The van der Waals surface area contributed by atoms with Gasteiger partial charge in [0.1, 0.15) is 11.8 Å². The third-order valence-electron chi connectivity index (χ3n) is 5.17. The number of amides is 2. The fourth-order valence-corrected chi connectivity index (χ4v) is 3.67. The van der Waals surface area contributed by atoms with Gasteiger partial charge in [-0.2, -0.15) is 0 Å². The van der Waals surface area contributed by atoms with Crippen molar-refractivity contribution in [1.29, 1.82) is 0 Å². The number of aromatic nitrogens is 1. The van der Waals surface area contributed by atoms with Crippen molar-refractivity contribution in [2.75, 3.05) is 13.6 Å². The van der Waals surface area contributed by atoms with Gasteiger partial charge in [0.2, 0.25) is 5.91 Å². The Morgan fingerprint density at radius 2 is 2.08 bits per heavy atom.